The van der Waals surface area contributed by atoms with Gasteiger partial charge in [-0.05, 0) is 52.9 Å². The molecule has 3 rings (SSSR count). The molecular weight excluding hydrogens is 558 g/mol. The first-order valence-corrected chi connectivity index (χ1v) is 10.5. The monoisotopic (exact) mass is 575 g/mol. The Labute approximate surface area is 199 Å². The zero-order chi connectivity index (χ0) is 24.0. The SMILES string of the molecule is O=C(NOCCO)c1cc(CN2OC=CC=CC2=O)c(F)c(F)c1Nc1ccc(I)cc1F. The maximum absolute atomic E-state index is 15.1. The molecule has 0 aromatic heterocycles. The van der Waals surface area contributed by atoms with Gasteiger partial charge in [-0.3, -0.25) is 14.4 Å². The number of aliphatic hydroxyl groups excluding tert-OH is 1. The summed E-state index contributed by atoms with van der Waals surface area (Å²) in [5.41, 5.74) is 0.319. The Morgan fingerprint density at radius 2 is 1.97 bits per heavy atom. The van der Waals surface area contributed by atoms with Crippen LogP contribution in [0.25, 0.3) is 0 Å². The second-order valence-corrected chi connectivity index (χ2v) is 7.75. The Hall–Kier alpha value is -3.10. The summed E-state index contributed by atoms with van der Waals surface area (Å²) in [5, 5.41) is 12.0. The molecule has 2 aromatic carbocycles. The van der Waals surface area contributed by atoms with Gasteiger partial charge in [0.2, 0.25) is 0 Å². The van der Waals surface area contributed by atoms with Crippen molar-refractivity contribution in [1.82, 2.24) is 10.5 Å². The number of anilines is 2. The first kappa shape index (κ1) is 24.5. The van der Waals surface area contributed by atoms with E-state index in [1.54, 1.807) is 0 Å². The summed E-state index contributed by atoms with van der Waals surface area (Å²) in [4.78, 5) is 34.5. The van der Waals surface area contributed by atoms with E-state index >= 15 is 4.39 Å². The van der Waals surface area contributed by atoms with E-state index in [2.05, 4.69) is 5.32 Å². The molecule has 0 bridgehead atoms. The van der Waals surface area contributed by atoms with Crippen LogP contribution in [0.5, 0.6) is 0 Å². The fourth-order valence-electron chi connectivity index (χ4n) is 2.73. The number of hydrogen-bond donors (Lipinski definition) is 3. The number of allylic oxidation sites excluding steroid dienone is 2. The molecule has 12 heteroatoms. The lowest BCUT2D eigenvalue weighted by molar-refractivity contribution is -0.164. The van der Waals surface area contributed by atoms with Crippen molar-refractivity contribution in [1.29, 1.82) is 0 Å². The third-order valence-corrected chi connectivity index (χ3v) is 4.92. The molecule has 8 nitrogen and oxygen atoms in total. The molecule has 33 heavy (non-hydrogen) atoms. The van der Waals surface area contributed by atoms with Crippen LogP contribution in [-0.2, 0) is 21.0 Å². The van der Waals surface area contributed by atoms with Gasteiger partial charge in [0.1, 0.15) is 12.1 Å². The molecular formula is C21H17F3IN3O5. The number of nitrogens with one attached hydrogen (secondary N) is 2. The summed E-state index contributed by atoms with van der Waals surface area (Å²) in [6.45, 7) is -1.20. The number of benzene rings is 2. The van der Waals surface area contributed by atoms with Crippen molar-refractivity contribution in [2.24, 2.45) is 0 Å². The van der Waals surface area contributed by atoms with Crippen LogP contribution >= 0.6 is 22.6 Å². The molecule has 0 aliphatic carbocycles. The summed E-state index contributed by atoms with van der Waals surface area (Å²) in [5.74, 6) is -5.24. The number of halogens is 4. The number of hydroxylamine groups is 3. The van der Waals surface area contributed by atoms with E-state index < -0.39 is 53.7 Å². The third kappa shape index (κ3) is 6.03. The van der Waals surface area contributed by atoms with Gasteiger partial charge in [-0.25, -0.2) is 18.7 Å². The van der Waals surface area contributed by atoms with Gasteiger partial charge < -0.3 is 15.3 Å². The van der Waals surface area contributed by atoms with Crippen molar-refractivity contribution in [2.75, 3.05) is 18.5 Å². The Bertz CT molecular complexity index is 1130. The highest BCUT2D eigenvalue weighted by molar-refractivity contribution is 14.1. The second kappa shape index (κ2) is 11.2. The van der Waals surface area contributed by atoms with E-state index in [-0.39, 0.29) is 17.9 Å². The first-order chi connectivity index (χ1) is 15.8. The number of aliphatic hydroxyl groups is 1. The van der Waals surface area contributed by atoms with Gasteiger partial charge in [-0.1, -0.05) is 6.08 Å². The number of rotatable bonds is 8. The van der Waals surface area contributed by atoms with Crippen molar-refractivity contribution >= 4 is 45.8 Å². The number of carbonyl (C=O) groups excluding carboxylic acids is 2. The lowest BCUT2D eigenvalue weighted by Crippen LogP contribution is -2.29. The average Bonchev–Trinajstić information content (AvgIpc) is 2.98. The lowest BCUT2D eigenvalue weighted by Gasteiger charge is -2.21. The smallest absolute Gasteiger partial charge is 0.279 e. The summed E-state index contributed by atoms with van der Waals surface area (Å²) in [7, 11) is 0. The minimum absolute atomic E-state index is 0.201. The van der Waals surface area contributed by atoms with E-state index in [1.165, 1.54) is 36.6 Å². The van der Waals surface area contributed by atoms with Crippen LogP contribution in [-0.4, -0.2) is 35.2 Å². The van der Waals surface area contributed by atoms with Crippen LogP contribution in [0.15, 0.2) is 48.8 Å². The number of amides is 2. The topological polar surface area (TPSA) is 100 Å². The number of nitrogens with zero attached hydrogens (tertiary/aromatic N) is 1. The molecule has 3 N–H and O–H groups in total. The van der Waals surface area contributed by atoms with E-state index in [1.807, 2.05) is 28.1 Å². The quantitative estimate of drug-likeness (QED) is 0.254. The third-order valence-electron chi connectivity index (χ3n) is 4.25. The second-order valence-electron chi connectivity index (χ2n) is 6.51. The normalized spacial score (nSPS) is 13.0. The molecule has 0 spiro atoms. The summed E-state index contributed by atoms with van der Waals surface area (Å²) in [6, 6.07) is 4.98. The first-order valence-electron chi connectivity index (χ1n) is 9.39. The minimum Gasteiger partial charge on any atom is -0.394 e. The summed E-state index contributed by atoms with van der Waals surface area (Å²) in [6.07, 6.45) is 5.15. The Kier molecular flexibility index (Phi) is 8.30. The zero-order valence-electron chi connectivity index (χ0n) is 16.8. The molecule has 1 aliphatic rings. The predicted octanol–water partition coefficient (Wildman–Crippen LogP) is 3.45. The Morgan fingerprint density at radius 1 is 1.18 bits per heavy atom. The van der Waals surface area contributed by atoms with Crippen molar-refractivity contribution < 1.29 is 37.5 Å². The molecule has 0 fully saturated rings. The highest BCUT2D eigenvalue weighted by atomic mass is 127. The molecule has 2 aromatic rings. The van der Waals surface area contributed by atoms with Crippen molar-refractivity contribution in [3.05, 3.63) is 80.9 Å². The molecule has 0 saturated heterocycles. The minimum atomic E-state index is -1.48. The van der Waals surface area contributed by atoms with Gasteiger partial charge in [0.05, 0.1) is 36.7 Å². The number of hydrogen-bond acceptors (Lipinski definition) is 6. The van der Waals surface area contributed by atoms with Crippen LogP contribution in [0.2, 0.25) is 0 Å². The highest BCUT2D eigenvalue weighted by Crippen LogP contribution is 2.31. The van der Waals surface area contributed by atoms with Crippen LogP contribution in [0.1, 0.15) is 15.9 Å². The fourth-order valence-corrected chi connectivity index (χ4v) is 3.19. The maximum atomic E-state index is 15.1. The van der Waals surface area contributed by atoms with Crippen molar-refractivity contribution in [3.8, 4) is 0 Å². The standard InChI is InChI=1S/C21H17F3IN3O5/c22-15-10-13(25)4-5-16(15)26-20-14(21(31)27-32-8-6-29)9-12(18(23)19(20)24)11-28-17(30)3-1-2-7-33-28/h1-5,7,9-10,26,29H,6,8,11H2,(H,27,31). The Balaban J connectivity index is 2.02. The summed E-state index contributed by atoms with van der Waals surface area (Å²) >= 11 is 1.88. The lowest BCUT2D eigenvalue weighted by atomic mass is 10.1. The zero-order valence-corrected chi connectivity index (χ0v) is 18.9. The van der Waals surface area contributed by atoms with Crippen molar-refractivity contribution in [2.45, 2.75) is 6.54 Å². The van der Waals surface area contributed by atoms with Crippen LogP contribution in [0.4, 0.5) is 24.5 Å². The Morgan fingerprint density at radius 3 is 2.70 bits per heavy atom. The largest absolute Gasteiger partial charge is 0.394 e. The number of carbonyl (C=O) groups is 2. The van der Waals surface area contributed by atoms with E-state index in [4.69, 9.17) is 14.8 Å². The fraction of sp³-hybridized carbons (Fsp3) is 0.143. The van der Waals surface area contributed by atoms with Crippen molar-refractivity contribution in [3.63, 3.8) is 0 Å². The van der Waals surface area contributed by atoms with Crippen LogP contribution < -0.4 is 10.8 Å². The molecule has 0 unspecified atom stereocenters. The molecule has 0 saturated carbocycles. The van der Waals surface area contributed by atoms with E-state index in [0.717, 1.165) is 17.2 Å². The van der Waals surface area contributed by atoms with E-state index in [0.29, 0.717) is 3.57 Å². The predicted molar refractivity (Wildman–Crippen MR) is 119 cm³/mol. The van der Waals surface area contributed by atoms with Crippen LogP contribution in [0.3, 0.4) is 0 Å². The molecule has 174 valence electrons. The van der Waals surface area contributed by atoms with Gasteiger partial charge in [-0.2, -0.15) is 5.06 Å². The molecule has 1 heterocycles. The molecule has 2 amide bonds. The highest BCUT2D eigenvalue weighted by Gasteiger charge is 2.26. The molecule has 0 radical (unpaired) electrons. The van der Waals surface area contributed by atoms with Gasteiger partial charge in [0.25, 0.3) is 11.8 Å². The van der Waals surface area contributed by atoms with Crippen LogP contribution in [0, 0.1) is 21.0 Å². The maximum Gasteiger partial charge on any atom is 0.279 e. The van der Waals surface area contributed by atoms with Gasteiger partial charge in [-0.15, -0.1) is 0 Å². The summed E-state index contributed by atoms with van der Waals surface area (Å²) < 4.78 is 44.9. The molecule has 0 atom stereocenters. The molecule has 1 aliphatic heterocycles. The van der Waals surface area contributed by atoms with Gasteiger partial charge >= 0.3 is 0 Å². The van der Waals surface area contributed by atoms with Gasteiger partial charge in [0, 0.05) is 15.2 Å². The average molecular weight is 575 g/mol. The van der Waals surface area contributed by atoms with E-state index in [9.17, 15) is 18.4 Å². The van der Waals surface area contributed by atoms with Gasteiger partial charge in [0.15, 0.2) is 11.6 Å².